The molecule has 176 valence electrons. The van der Waals surface area contributed by atoms with Gasteiger partial charge in [-0.2, -0.15) is 4.98 Å². The third-order valence-corrected chi connectivity index (χ3v) is 6.21. The number of rotatable bonds is 8. The van der Waals surface area contributed by atoms with Crippen LogP contribution in [0.2, 0.25) is 0 Å². The molecule has 4 rings (SSSR count). The number of nitrogens with one attached hydrogen (secondary N) is 2. The summed E-state index contributed by atoms with van der Waals surface area (Å²) in [5.41, 5.74) is 2.84. The maximum absolute atomic E-state index is 11.9. The number of hydrogen-bond donors (Lipinski definition) is 2. The summed E-state index contributed by atoms with van der Waals surface area (Å²) < 4.78 is 36.5. The van der Waals surface area contributed by atoms with Gasteiger partial charge >= 0.3 is 0 Å². The Morgan fingerprint density at radius 2 is 2.03 bits per heavy atom. The third-order valence-electron chi connectivity index (χ3n) is 5.03. The Balaban J connectivity index is 1.55. The second-order valence-corrected chi connectivity index (χ2v) is 9.35. The lowest BCUT2D eigenvalue weighted by atomic mass is 10.1. The lowest BCUT2D eigenvalue weighted by Crippen LogP contribution is -2.27. The zero-order chi connectivity index (χ0) is 24.3. The Hall–Kier alpha value is -4.12. The fourth-order valence-electron chi connectivity index (χ4n) is 3.49. The van der Waals surface area contributed by atoms with E-state index in [9.17, 15) is 13.2 Å². The second-order valence-electron chi connectivity index (χ2n) is 7.44. The topological polar surface area (TPSA) is 123 Å². The van der Waals surface area contributed by atoms with Crippen molar-refractivity contribution in [2.75, 3.05) is 34.8 Å². The van der Waals surface area contributed by atoms with Gasteiger partial charge < -0.3 is 20.1 Å². The van der Waals surface area contributed by atoms with Gasteiger partial charge in [0.25, 0.3) is 5.88 Å². The Morgan fingerprint density at radius 3 is 2.76 bits per heavy atom. The smallest absolute Gasteiger partial charge is 0.267 e. The number of sulfonamides is 1. The number of fused-ring (bicyclic) bond motifs is 1. The Labute approximate surface area is 197 Å². The molecular formula is C23H23N5O5S. The van der Waals surface area contributed by atoms with Gasteiger partial charge in [0, 0.05) is 24.0 Å². The van der Waals surface area contributed by atoms with E-state index >= 15 is 0 Å². The summed E-state index contributed by atoms with van der Waals surface area (Å²) in [5, 5.41) is 5.78. The minimum atomic E-state index is -3.31. The molecule has 3 aromatic rings. The van der Waals surface area contributed by atoms with E-state index in [1.165, 1.54) is 29.9 Å². The van der Waals surface area contributed by atoms with Crippen LogP contribution in [0, 0.1) is 0 Å². The van der Waals surface area contributed by atoms with Crippen molar-refractivity contribution >= 4 is 38.9 Å². The van der Waals surface area contributed by atoms with Gasteiger partial charge in [-0.1, -0.05) is 12.6 Å². The van der Waals surface area contributed by atoms with Crippen molar-refractivity contribution < 1.29 is 22.7 Å². The molecule has 0 aliphatic carbocycles. The first kappa shape index (κ1) is 23.1. The van der Waals surface area contributed by atoms with Crippen molar-refractivity contribution in [3.05, 3.63) is 66.9 Å². The maximum Gasteiger partial charge on any atom is 0.267 e. The number of aromatic nitrogens is 2. The van der Waals surface area contributed by atoms with Crippen LogP contribution in [0.25, 0.3) is 0 Å². The molecule has 0 saturated heterocycles. The summed E-state index contributed by atoms with van der Waals surface area (Å²) in [6, 6.07) is 12.2. The average molecular weight is 482 g/mol. The zero-order valence-corrected chi connectivity index (χ0v) is 19.4. The van der Waals surface area contributed by atoms with Crippen LogP contribution in [-0.4, -0.2) is 44.2 Å². The Bertz CT molecular complexity index is 1360. The van der Waals surface area contributed by atoms with E-state index in [-0.39, 0.29) is 17.7 Å². The van der Waals surface area contributed by atoms with Crippen molar-refractivity contribution in [1.29, 1.82) is 0 Å². The molecule has 10 nitrogen and oxygen atoms in total. The molecular weight excluding hydrogens is 458 g/mol. The van der Waals surface area contributed by atoms with Crippen molar-refractivity contribution in [3.8, 4) is 17.4 Å². The first-order valence-electron chi connectivity index (χ1n) is 10.3. The summed E-state index contributed by atoms with van der Waals surface area (Å²) in [6.45, 7) is 3.85. The van der Waals surface area contributed by atoms with Gasteiger partial charge in [0.05, 0.1) is 25.2 Å². The van der Waals surface area contributed by atoms with Crippen LogP contribution < -0.4 is 24.4 Å². The number of nitrogens with zero attached hydrogens (tertiary/aromatic N) is 3. The largest absolute Gasteiger partial charge is 0.490 e. The molecule has 0 atom stereocenters. The van der Waals surface area contributed by atoms with E-state index in [2.05, 4.69) is 27.2 Å². The molecule has 1 aliphatic heterocycles. The van der Waals surface area contributed by atoms with E-state index in [4.69, 9.17) is 9.47 Å². The number of anilines is 4. The van der Waals surface area contributed by atoms with E-state index in [1.54, 1.807) is 36.4 Å². The molecule has 2 heterocycles. The lowest BCUT2D eigenvalue weighted by Gasteiger charge is -2.16. The third kappa shape index (κ3) is 5.09. The van der Waals surface area contributed by atoms with Gasteiger partial charge in [-0.15, -0.1) is 0 Å². The zero-order valence-electron chi connectivity index (χ0n) is 18.6. The van der Waals surface area contributed by atoms with Gasteiger partial charge in [-0.3, -0.25) is 9.10 Å². The van der Waals surface area contributed by atoms with E-state index < -0.39 is 10.0 Å². The summed E-state index contributed by atoms with van der Waals surface area (Å²) >= 11 is 0. The van der Waals surface area contributed by atoms with E-state index in [0.717, 1.165) is 5.56 Å². The summed E-state index contributed by atoms with van der Waals surface area (Å²) in [4.78, 5) is 20.2. The molecule has 0 spiro atoms. The quantitative estimate of drug-likeness (QED) is 0.469. The van der Waals surface area contributed by atoms with Gasteiger partial charge in [0.1, 0.15) is 5.75 Å². The van der Waals surface area contributed by atoms with Gasteiger partial charge in [-0.05, 0) is 48.4 Å². The summed E-state index contributed by atoms with van der Waals surface area (Å²) in [5.74, 6) is 0.866. The number of benzene rings is 2. The fraction of sp³-hybridized carbons (Fsp3) is 0.174. The molecule has 2 aromatic carbocycles. The second kappa shape index (κ2) is 9.40. The van der Waals surface area contributed by atoms with Crippen molar-refractivity contribution in [1.82, 2.24) is 9.97 Å². The van der Waals surface area contributed by atoms with Crippen LogP contribution in [0.15, 0.2) is 61.3 Å². The number of carbonyl (C=O) groups is 1. The highest BCUT2D eigenvalue weighted by atomic mass is 32.2. The van der Waals surface area contributed by atoms with Gasteiger partial charge in [0.2, 0.25) is 21.9 Å². The SMILES string of the molecule is C=CC(=O)Nc1cccc(Oc2nc(Nc3ccc4c(c3)CCN4S(C)(=O)=O)ncc2OC)c1. The molecule has 34 heavy (non-hydrogen) atoms. The summed E-state index contributed by atoms with van der Waals surface area (Å²) in [7, 11) is -1.83. The van der Waals surface area contributed by atoms with Crippen LogP contribution in [0.4, 0.5) is 23.0 Å². The van der Waals surface area contributed by atoms with Crippen LogP contribution in [0.3, 0.4) is 0 Å². The lowest BCUT2D eigenvalue weighted by molar-refractivity contribution is -0.111. The molecule has 0 saturated carbocycles. The van der Waals surface area contributed by atoms with Crippen molar-refractivity contribution in [3.63, 3.8) is 0 Å². The number of amides is 1. The Kier molecular flexibility index (Phi) is 6.37. The van der Waals surface area contributed by atoms with Gasteiger partial charge in [-0.25, -0.2) is 13.4 Å². The highest BCUT2D eigenvalue weighted by Gasteiger charge is 2.26. The first-order valence-corrected chi connectivity index (χ1v) is 12.1. The van der Waals surface area contributed by atoms with Crippen LogP contribution >= 0.6 is 0 Å². The predicted molar refractivity (Wildman–Crippen MR) is 130 cm³/mol. The van der Waals surface area contributed by atoms with E-state index in [1.807, 2.05) is 6.07 Å². The number of carbonyl (C=O) groups excluding carboxylic acids is 1. The minimum Gasteiger partial charge on any atom is -0.490 e. The molecule has 11 heteroatoms. The highest BCUT2D eigenvalue weighted by molar-refractivity contribution is 7.92. The monoisotopic (exact) mass is 481 g/mol. The molecule has 1 amide bonds. The molecule has 0 bridgehead atoms. The van der Waals surface area contributed by atoms with Crippen molar-refractivity contribution in [2.45, 2.75) is 6.42 Å². The normalized spacial score (nSPS) is 12.6. The minimum absolute atomic E-state index is 0.177. The average Bonchev–Trinajstić information content (AvgIpc) is 3.23. The fourth-order valence-corrected chi connectivity index (χ4v) is 4.45. The predicted octanol–water partition coefficient (Wildman–Crippen LogP) is 3.47. The molecule has 0 radical (unpaired) electrons. The molecule has 0 fully saturated rings. The molecule has 2 N–H and O–H groups in total. The molecule has 1 aliphatic rings. The highest BCUT2D eigenvalue weighted by Crippen LogP contribution is 2.34. The van der Waals surface area contributed by atoms with Gasteiger partial charge in [0.15, 0.2) is 5.75 Å². The number of methoxy groups -OCH3 is 1. The van der Waals surface area contributed by atoms with Crippen molar-refractivity contribution in [2.24, 2.45) is 0 Å². The molecule has 1 aromatic heterocycles. The van der Waals surface area contributed by atoms with Crippen LogP contribution in [0.1, 0.15) is 5.56 Å². The summed E-state index contributed by atoms with van der Waals surface area (Å²) in [6.07, 6.45) is 4.47. The number of ether oxygens (including phenoxy) is 2. The Morgan fingerprint density at radius 1 is 1.21 bits per heavy atom. The maximum atomic E-state index is 11.9. The standard InChI is InChI=1S/C23H23N5O5S/c1-4-21(29)25-16-6-5-7-18(13-16)33-22-20(32-2)14-24-23(27-22)26-17-8-9-19-15(12-17)10-11-28(19)34(3,30)31/h4-9,12-14H,1,10-11H2,2-3H3,(H,25,29)(H,24,26,27). The van der Waals surface area contributed by atoms with E-state index in [0.29, 0.717) is 41.5 Å². The van der Waals surface area contributed by atoms with Crippen LogP contribution in [0.5, 0.6) is 17.4 Å². The first-order chi connectivity index (χ1) is 16.3. The molecule has 0 unspecified atom stereocenters. The number of hydrogen-bond acceptors (Lipinski definition) is 8. The van der Waals surface area contributed by atoms with Crippen LogP contribution in [-0.2, 0) is 21.2 Å².